The Balaban J connectivity index is 4.00. The predicted molar refractivity (Wildman–Crippen MR) is 58.8 cm³/mol. The molecule has 1 N–H and O–H groups in total. The Bertz CT molecular complexity index is 228. The molecule has 14 heavy (non-hydrogen) atoms. The fraction of sp³-hybridized carbons (Fsp3) is 0.727. The van der Waals surface area contributed by atoms with Crippen molar-refractivity contribution in [1.82, 2.24) is 10.2 Å². The summed E-state index contributed by atoms with van der Waals surface area (Å²) in [5.74, 6) is 2.35. The molecule has 3 nitrogen and oxygen atoms in total. The van der Waals surface area contributed by atoms with Gasteiger partial charge in [-0.15, -0.1) is 6.42 Å². The molecule has 0 aromatic rings. The van der Waals surface area contributed by atoms with Gasteiger partial charge in [-0.25, -0.2) is 0 Å². The van der Waals surface area contributed by atoms with E-state index in [1.807, 2.05) is 11.9 Å². The summed E-state index contributed by atoms with van der Waals surface area (Å²) in [6, 6.07) is 0. The summed E-state index contributed by atoms with van der Waals surface area (Å²) in [5, 5.41) is 2.64. The molecule has 0 aliphatic heterocycles. The summed E-state index contributed by atoms with van der Waals surface area (Å²) >= 11 is 0. The molecule has 0 aliphatic rings. The van der Waals surface area contributed by atoms with E-state index in [-0.39, 0.29) is 11.4 Å². The van der Waals surface area contributed by atoms with E-state index in [4.69, 9.17) is 6.42 Å². The topological polar surface area (TPSA) is 32.3 Å². The first kappa shape index (κ1) is 13.0. The number of amides is 1. The van der Waals surface area contributed by atoms with E-state index in [0.29, 0.717) is 13.1 Å². The minimum atomic E-state index is -0.0213. The Kier molecular flexibility index (Phi) is 5.26. The predicted octanol–water partition coefficient (Wildman–Crippen LogP) is 0.856. The standard InChI is InChI=1S/C11H20N2O/c1-6-8-12-10(14)9-13(5)11(3,4)7-2/h1H,7-9H2,2-5H3,(H,12,14). The summed E-state index contributed by atoms with van der Waals surface area (Å²) < 4.78 is 0. The molecule has 0 aromatic heterocycles. The molecule has 0 saturated heterocycles. The minimum Gasteiger partial charge on any atom is -0.344 e. The highest BCUT2D eigenvalue weighted by atomic mass is 16.2. The second-order valence-corrected chi connectivity index (χ2v) is 4.00. The highest BCUT2D eigenvalue weighted by Crippen LogP contribution is 2.15. The van der Waals surface area contributed by atoms with Crippen molar-refractivity contribution in [1.29, 1.82) is 0 Å². The van der Waals surface area contributed by atoms with Crippen LogP contribution in [0.3, 0.4) is 0 Å². The normalized spacial score (nSPS) is 11.1. The van der Waals surface area contributed by atoms with Gasteiger partial charge in [0, 0.05) is 5.54 Å². The number of rotatable bonds is 5. The molecular weight excluding hydrogens is 176 g/mol. The van der Waals surface area contributed by atoms with Gasteiger partial charge in [-0.1, -0.05) is 12.8 Å². The number of nitrogens with one attached hydrogen (secondary N) is 1. The lowest BCUT2D eigenvalue weighted by Crippen LogP contribution is -2.46. The van der Waals surface area contributed by atoms with Crippen LogP contribution in [0.25, 0.3) is 0 Å². The Hall–Kier alpha value is -1.01. The number of nitrogens with zero attached hydrogens (tertiary/aromatic N) is 1. The van der Waals surface area contributed by atoms with E-state index in [9.17, 15) is 4.79 Å². The fourth-order valence-electron chi connectivity index (χ4n) is 0.905. The quantitative estimate of drug-likeness (QED) is 0.661. The van der Waals surface area contributed by atoms with Gasteiger partial charge in [-0.05, 0) is 27.3 Å². The second-order valence-electron chi connectivity index (χ2n) is 4.00. The van der Waals surface area contributed by atoms with Gasteiger partial charge in [0.15, 0.2) is 0 Å². The van der Waals surface area contributed by atoms with Crippen molar-refractivity contribution in [2.24, 2.45) is 0 Å². The maximum absolute atomic E-state index is 11.3. The molecule has 0 rings (SSSR count). The summed E-state index contributed by atoms with van der Waals surface area (Å²) in [6.45, 7) is 7.03. The van der Waals surface area contributed by atoms with Gasteiger partial charge in [0.25, 0.3) is 0 Å². The fourth-order valence-corrected chi connectivity index (χ4v) is 0.905. The number of carbonyl (C=O) groups is 1. The van der Waals surface area contributed by atoms with Crippen molar-refractivity contribution >= 4 is 5.91 Å². The van der Waals surface area contributed by atoms with Crippen molar-refractivity contribution in [3.05, 3.63) is 0 Å². The van der Waals surface area contributed by atoms with Crippen molar-refractivity contribution < 1.29 is 4.79 Å². The first-order chi connectivity index (χ1) is 6.44. The molecule has 3 heteroatoms. The van der Waals surface area contributed by atoms with Gasteiger partial charge in [0.2, 0.25) is 5.91 Å². The molecule has 0 radical (unpaired) electrons. The summed E-state index contributed by atoms with van der Waals surface area (Å²) in [6.07, 6.45) is 6.05. The third-order valence-corrected chi connectivity index (χ3v) is 2.67. The van der Waals surface area contributed by atoms with Crippen molar-refractivity contribution in [3.8, 4) is 12.3 Å². The molecule has 0 saturated carbocycles. The Morgan fingerprint density at radius 1 is 1.57 bits per heavy atom. The van der Waals surface area contributed by atoms with Crippen LogP contribution in [0.4, 0.5) is 0 Å². The van der Waals surface area contributed by atoms with Crippen molar-refractivity contribution in [2.45, 2.75) is 32.7 Å². The van der Waals surface area contributed by atoms with Crippen LogP contribution in [-0.2, 0) is 4.79 Å². The number of likely N-dealkylation sites (N-methyl/N-ethyl adjacent to an activating group) is 1. The lowest BCUT2D eigenvalue weighted by atomic mass is 10.0. The summed E-state index contributed by atoms with van der Waals surface area (Å²) in [4.78, 5) is 13.4. The maximum atomic E-state index is 11.3. The second kappa shape index (κ2) is 5.66. The molecular formula is C11H20N2O. The first-order valence-electron chi connectivity index (χ1n) is 4.85. The zero-order valence-corrected chi connectivity index (χ0v) is 9.55. The Labute approximate surface area is 86.9 Å². The van der Waals surface area contributed by atoms with Gasteiger partial charge in [-0.2, -0.15) is 0 Å². The smallest absolute Gasteiger partial charge is 0.234 e. The molecule has 0 unspecified atom stereocenters. The first-order valence-corrected chi connectivity index (χ1v) is 4.85. The van der Waals surface area contributed by atoms with Gasteiger partial charge in [0.1, 0.15) is 0 Å². The number of terminal acetylenes is 1. The van der Waals surface area contributed by atoms with Gasteiger partial charge >= 0.3 is 0 Å². The SMILES string of the molecule is C#CCNC(=O)CN(C)C(C)(C)CC. The van der Waals surface area contributed by atoms with E-state index in [1.165, 1.54) is 0 Å². The minimum absolute atomic E-state index is 0.0213. The van der Waals surface area contributed by atoms with Gasteiger partial charge < -0.3 is 5.32 Å². The van der Waals surface area contributed by atoms with Crippen molar-refractivity contribution in [3.63, 3.8) is 0 Å². The third-order valence-electron chi connectivity index (χ3n) is 2.67. The average molecular weight is 196 g/mol. The number of hydrogen-bond donors (Lipinski definition) is 1. The zero-order valence-electron chi connectivity index (χ0n) is 9.55. The largest absolute Gasteiger partial charge is 0.344 e. The van der Waals surface area contributed by atoms with Crippen LogP contribution >= 0.6 is 0 Å². The number of carbonyl (C=O) groups excluding carboxylic acids is 1. The third kappa shape index (κ3) is 4.29. The molecule has 80 valence electrons. The van der Waals surface area contributed by atoms with Crippen LogP contribution in [0.15, 0.2) is 0 Å². The summed E-state index contributed by atoms with van der Waals surface area (Å²) in [7, 11) is 1.94. The van der Waals surface area contributed by atoms with Gasteiger partial charge in [-0.3, -0.25) is 9.69 Å². The van der Waals surface area contributed by atoms with Crippen LogP contribution < -0.4 is 5.32 Å². The van der Waals surface area contributed by atoms with Gasteiger partial charge in [0.05, 0.1) is 13.1 Å². The Morgan fingerprint density at radius 3 is 2.57 bits per heavy atom. The molecule has 0 aromatic carbocycles. The lowest BCUT2D eigenvalue weighted by Gasteiger charge is -2.34. The van der Waals surface area contributed by atoms with Crippen LogP contribution in [0.2, 0.25) is 0 Å². The van der Waals surface area contributed by atoms with Crippen LogP contribution in [0.5, 0.6) is 0 Å². The molecule has 0 spiro atoms. The molecule has 0 bridgehead atoms. The highest BCUT2D eigenvalue weighted by Gasteiger charge is 2.22. The van der Waals surface area contributed by atoms with E-state index in [1.54, 1.807) is 0 Å². The molecule has 1 amide bonds. The molecule has 0 fully saturated rings. The number of hydrogen-bond acceptors (Lipinski definition) is 2. The molecule has 0 aliphatic carbocycles. The maximum Gasteiger partial charge on any atom is 0.234 e. The Morgan fingerprint density at radius 2 is 2.14 bits per heavy atom. The summed E-state index contributed by atoms with van der Waals surface area (Å²) in [5.41, 5.74) is 0.0491. The van der Waals surface area contributed by atoms with Crippen LogP contribution in [0.1, 0.15) is 27.2 Å². The highest BCUT2D eigenvalue weighted by molar-refractivity contribution is 5.78. The monoisotopic (exact) mass is 196 g/mol. The average Bonchev–Trinajstić information content (AvgIpc) is 2.14. The van der Waals surface area contributed by atoms with E-state index in [0.717, 1.165) is 6.42 Å². The molecule has 0 atom stereocenters. The molecule has 0 heterocycles. The van der Waals surface area contributed by atoms with Crippen LogP contribution in [0, 0.1) is 12.3 Å². The van der Waals surface area contributed by atoms with E-state index < -0.39 is 0 Å². The van der Waals surface area contributed by atoms with E-state index in [2.05, 4.69) is 32.0 Å². The van der Waals surface area contributed by atoms with Crippen molar-refractivity contribution in [2.75, 3.05) is 20.1 Å². The van der Waals surface area contributed by atoms with Crippen LogP contribution in [-0.4, -0.2) is 36.5 Å². The van der Waals surface area contributed by atoms with E-state index >= 15 is 0 Å². The zero-order chi connectivity index (χ0) is 11.2. The lowest BCUT2D eigenvalue weighted by molar-refractivity contribution is -0.122.